The minimum atomic E-state index is -0.724. The van der Waals surface area contributed by atoms with Gasteiger partial charge in [-0.3, -0.25) is 9.48 Å². The van der Waals surface area contributed by atoms with E-state index in [0.717, 1.165) is 0 Å². The molecule has 2 aromatic rings. The van der Waals surface area contributed by atoms with Crippen molar-refractivity contribution in [3.05, 3.63) is 46.5 Å². The molecule has 1 aromatic heterocycles. The van der Waals surface area contributed by atoms with Gasteiger partial charge in [0.25, 0.3) is 5.91 Å². The van der Waals surface area contributed by atoms with Crippen LogP contribution in [0.3, 0.4) is 0 Å². The lowest BCUT2D eigenvalue weighted by atomic mass is 10.1. The van der Waals surface area contributed by atoms with E-state index in [2.05, 4.69) is 10.4 Å². The average Bonchev–Trinajstić information content (AvgIpc) is 3.15. The normalized spacial score (nSPS) is 20.2. The van der Waals surface area contributed by atoms with E-state index >= 15 is 0 Å². The number of amides is 1. The van der Waals surface area contributed by atoms with Gasteiger partial charge in [-0.1, -0.05) is 17.7 Å². The Morgan fingerprint density at radius 3 is 3.00 bits per heavy atom. The Bertz CT molecular complexity index is 765. The van der Waals surface area contributed by atoms with Crippen molar-refractivity contribution >= 4 is 17.5 Å². The number of benzene rings is 1. The van der Waals surface area contributed by atoms with Crippen molar-refractivity contribution in [2.24, 2.45) is 7.05 Å². The van der Waals surface area contributed by atoms with Crippen LogP contribution in [0, 0.1) is 12.7 Å². The van der Waals surface area contributed by atoms with Crippen LogP contribution >= 0.6 is 11.6 Å². The summed E-state index contributed by atoms with van der Waals surface area (Å²) in [6.45, 7) is 2.30. The zero-order valence-corrected chi connectivity index (χ0v) is 14.0. The van der Waals surface area contributed by atoms with Crippen LogP contribution in [0.4, 0.5) is 4.39 Å². The minimum Gasteiger partial charge on any atom is -0.482 e. The molecule has 3 rings (SSSR count). The highest BCUT2D eigenvalue weighted by Gasteiger charge is 2.32. The molecule has 2 atom stereocenters. The fraction of sp³-hybridized carbons (Fsp3) is 0.375. The molecule has 0 radical (unpaired) electrons. The Kier molecular flexibility index (Phi) is 4.73. The number of aromatic nitrogens is 2. The highest BCUT2D eigenvalue weighted by molar-refractivity contribution is 6.31. The summed E-state index contributed by atoms with van der Waals surface area (Å²) < 4.78 is 26.9. The number of nitrogens with one attached hydrogen (secondary N) is 1. The van der Waals surface area contributed by atoms with E-state index in [4.69, 9.17) is 21.1 Å². The van der Waals surface area contributed by atoms with E-state index in [1.165, 1.54) is 6.07 Å². The number of halogens is 2. The third-order valence-electron chi connectivity index (χ3n) is 3.83. The van der Waals surface area contributed by atoms with Gasteiger partial charge in [-0.2, -0.15) is 5.10 Å². The van der Waals surface area contributed by atoms with Crippen LogP contribution in [0.1, 0.15) is 15.9 Å². The van der Waals surface area contributed by atoms with Gasteiger partial charge < -0.3 is 14.8 Å². The number of carbonyl (C=O) groups is 1. The molecule has 0 spiro atoms. The zero-order valence-electron chi connectivity index (χ0n) is 13.3. The Morgan fingerprint density at radius 2 is 2.29 bits per heavy atom. The van der Waals surface area contributed by atoms with E-state index < -0.39 is 17.8 Å². The second-order valence-electron chi connectivity index (χ2n) is 5.68. The molecule has 0 saturated carbocycles. The molecule has 0 unspecified atom stereocenters. The lowest BCUT2D eigenvalue weighted by molar-refractivity contribution is 0.0900. The maximum Gasteiger partial charge on any atom is 0.254 e. The van der Waals surface area contributed by atoms with Gasteiger partial charge in [0.15, 0.2) is 11.6 Å². The maximum atomic E-state index is 14.2. The highest BCUT2D eigenvalue weighted by atomic mass is 35.5. The summed E-state index contributed by atoms with van der Waals surface area (Å²) in [4.78, 5) is 12.3. The summed E-state index contributed by atoms with van der Waals surface area (Å²) in [5.41, 5.74) is 0.477. The molecule has 1 aliphatic heterocycles. The van der Waals surface area contributed by atoms with Gasteiger partial charge in [0, 0.05) is 7.05 Å². The number of carbonyl (C=O) groups excluding carboxylic acids is 1. The van der Waals surface area contributed by atoms with Crippen LogP contribution in [0.5, 0.6) is 5.75 Å². The van der Waals surface area contributed by atoms with E-state index in [1.807, 2.05) is 0 Å². The first-order valence-electron chi connectivity index (χ1n) is 7.44. The summed E-state index contributed by atoms with van der Waals surface area (Å²) >= 11 is 5.87. The van der Waals surface area contributed by atoms with Gasteiger partial charge in [0.1, 0.15) is 6.10 Å². The summed E-state index contributed by atoms with van der Waals surface area (Å²) in [5, 5.41) is 6.72. The second-order valence-corrected chi connectivity index (χ2v) is 6.06. The third-order valence-corrected chi connectivity index (χ3v) is 4.30. The van der Waals surface area contributed by atoms with Crippen molar-refractivity contribution in [3.8, 4) is 5.75 Å². The molecule has 1 fully saturated rings. The van der Waals surface area contributed by atoms with Crippen molar-refractivity contribution in [3.63, 3.8) is 0 Å². The van der Waals surface area contributed by atoms with Gasteiger partial charge in [-0.25, -0.2) is 4.39 Å². The van der Waals surface area contributed by atoms with E-state index in [-0.39, 0.29) is 23.3 Å². The number of hydrogen-bond donors (Lipinski definition) is 1. The quantitative estimate of drug-likeness (QED) is 0.914. The number of ether oxygens (including phenoxy) is 2. The predicted molar refractivity (Wildman–Crippen MR) is 85.8 cm³/mol. The molecule has 6 nitrogen and oxygen atoms in total. The van der Waals surface area contributed by atoms with Crippen LogP contribution in [-0.2, 0) is 11.8 Å². The molecule has 1 amide bonds. The first kappa shape index (κ1) is 16.7. The van der Waals surface area contributed by atoms with E-state index in [1.54, 1.807) is 37.1 Å². The first-order valence-corrected chi connectivity index (χ1v) is 7.82. The summed E-state index contributed by atoms with van der Waals surface area (Å²) in [6, 6.07) is 2.63. The molecular formula is C16H17ClFN3O3. The standard InChI is InChI=1S/C16H17ClFN3O3/c1-9-3-4-11(15(18)14(9)17)16(22)20-12-7-23-8-13(12)24-10-5-19-21(2)6-10/h3-6,12-13H,7-8H2,1-2H3,(H,20,22)/t12-,13+/m0/s1. The molecule has 24 heavy (non-hydrogen) atoms. The molecule has 8 heteroatoms. The van der Waals surface area contributed by atoms with Gasteiger partial charge in [-0.05, 0) is 18.6 Å². The molecule has 1 aromatic carbocycles. The summed E-state index contributed by atoms with van der Waals surface area (Å²) in [6.07, 6.45) is 2.93. The number of aryl methyl sites for hydroxylation is 2. The fourth-order valence-corrected chi connectivity index (χ4v) is 2.65. The molecule has 1 saturated heterocycles. The van der Waals surface area contributed by atoms with E-state index in [9.17, 15) is 9.18 Å². The second kappa shape index (κ2) is 6.78. The van der Waals surface area contributed by atoms with Gasteiger partial charge in [0.2, 0.25) is 0 Å². The smallest absolute Gasteiger partial charge is 0.254 e. The fourth-order valence-electron chi connectivity index (χ4n) is 2.49. The Morgan fingerprint density at radius 1 is 1.50 bits per heavy atom. The average molecular weight is 354 g/mol. The van der Waals surface area contributed by atoms with Gasteiger partial charge in [-0.15, -0.1) is 0 Å². The first-order chi connectivity index (χ1) is 11.5. The highest BCUT2D eigenvalue weighted by Crippen LogP contribution is 2.23. The van der Waals surface area contributed by atoms with Crippen LogP contribution in [0.15, 0.2) is 24.5 Å². The van der Waals surface area contributed by atoms with Crippen LogP contribution in [-0.4, -0.2) is 41.0 Å². The van der Waals surface area contributed by atoms with Gasteiger partial charge >= 0.3 is 0 Å². The number of nitrogens with zero attached hydrogens (tertiary/aromatic N) is 2. The topological polar surface area (TPSA) is 65.4 Å². The molecule has 128 valence electrons. The third kappa shape index (κ3) is 3.37. The Balaban J connectivity index is 1.70. The van der Waals surface area contributed by atoms with Crippen LogP contribution in [0.2, 0.25) is 5.02 Å². The largest absolute Gasteiger partial charge is 0.482 e. The molecule has 0 aliphatic carbocycles. The minimum absolute atomic E-state index is 0.0477. The maximum absolute atomic E-state index is 14.2. The van der Waals surface area contributed by atoms with Crippen molar-refractivity contribution < 1.29 is 18.7 Å². The number of hydrogen-bond acceptors (Lipinski definition) is 4. The lowest BCUT2D eigenvalue weighted by Crippen LogP contribution is -2.45. The van der Waals surface area contributed by atoms with E-state index in [0.29, 0.717) is 17.9 Å². The molecule has 0 bridgehead atoms. The van der Waals surface area contributed by atoms with Crippen LogP contribution < -0.4 is 10.1 Å². The zero-order chi connectivity index (χ0) is 17.3. The summed E-state index contributed by atoms with van der Waals surface area (Å²) in [5.74, 6) is -0.695. The monoisotopic (exact) mass is 353 g/mol. The molecule has 2 heterocycles. The van der Waals surface area contributed by atoms with Crippen molar-refractivity contribution in [1.82, 2.24) is 15.1 Å². The van der Waals surface area contributed by atoms with Crippen LogP contribution in [0.25, 0.3) is 0 Å². The van der Waals surface area contributed by atoms with Crippen molar-refractivity contribution in [2.75, 3.05) is 13.2 Å². The molecule has 1 N–H and O–H groups in total. The van der Waals surface area contributed by atoms with Gasteiger partial charge in [0.05, 0.1) is 42.2 Å². The lowest BCUT2D eigenvalue weighted by Gasteiger charge is -2.20. The van der Waals surface area contributed by atoms with Crippen molar-refractivity contribution in [2.45, 2.75) is 19.1 Å². The molecule has 1 aliphatic rings. The predicted octanol–water partition coefficient (Wildman–Crippen LogP) is 2.10. The molecular weight excluding hydrogens is 337 g/mol. The summed E-state index contributed by atoms with van der Waals surface area (Å²) in [7, 11) is 1.78. The SMILES string of the molecule is Cc1ccc(C(=O)N[C@H]2COC[C@H]2Oc2cnn(C)c2)c(F)c1Cl. The Hall–Kier alpha value is -2.12. The number of rotatable bonds is 4. The Labute approximate surface area is 143 Å². The van der Waals surface area contributed by atoms with Crippen molar-refractivity contribution in [1.29, 1.82) is 0 Å².